The van der Waals surface area contributed by atoms with Crippen LogP contribution in [0.15, 0.2) is 4.99 Å². The fourth-order valence-electron chi connectivity index (χ4n) is 3.74. The Kier molecular flexibility index (Phi) is 8.36. The Hall–Kier alpha value is -1.55. The van der Waals surface area contributed by atoms with Gasteiger partial charge in [0.05, 0.1) is 6.54 Å². The van der Waals surface area contributed by atoms with Crippen molar-refractivity contribution in [2.75, 3.05) is 59.9 Å². The lowest BCUT2D eigenvalue weighted by atomic mass is 10.2. The molecule has 2 N–H and O–H groups in total. The SMILES string of the molecule is CCN1CCCC1CNC(=NCC(=O)N(C)C)NC1CCN(CC(F)(F)F)C1. The molecule has 28 heavy (non-hydrogen) atoms. The molecular weight excluding hydrogens is 373 g/mol. The molecule has 2 aliphatic heterocycles. The molecule has 0 aromatic rings. The first-order valence-electron chi connectivity index (χ1n) is 9.96. The van der Waals surface area contributed by atoms with Crippen LogP contribution in [0.5, 0.6) is 0 Å². The molecule has 0 aromatic heterocycles. The average Bonchev–Trinajstić information content (AvgIpc) is 3.24. The van der Waals surface area contributed by atoms with Crippen LogP contribution in [0.1, 0.15) is 26.2 Å². The van der Waals surface area contributed by atoms with E-state index in [9.17, 15) is 18.0 Å². The summed E-state index contributed by atoms with van der Waals surface area (Å²) < 4.78 is 37.8. The number of halogens is 3. The first-order valence-corrected chi connectivity index (χ1v) is 9.96. The van der Waals surface area contributed by atoms with Gasteiger partial charge >= 0.3 is 6.18 Å². The van der Waals surface area contributed by atoms with Crippen molar-refractivity contribution in [3.63, 3.8) is 0 Å². The molecular formula is C18H33F3N6O. The molecule has 0 radical (unpaired) electrons. The minimum absolute atomic E-state index is 0.00345. The highest BCUT2D eigenvalue weighted by atomic mass is 19.4. The maximum atomic E-state index is 12.6. The first kappa shape index (κ1) is 22.7. The zero-order chi connectivity index (χ0) is 20.7. The summed E-state index contributed by atoms with van der Waals surface area (Å²) in [6.07, 6.45) is -1.31. The minimum atomic E-state index is -4.19. The van der Waals surface area contributed by atoms with Crippen molar-refractivity contribution in [3.05, 3.63) is 0 Å². The zero-order valence-electron chi connectivity index (χ0n) is 17.1. The lowest BCUT2D eigenvalue weighted by molar-refractivity contribution is -0.143. The van der Waals surface area contributed by atoms with Crippen LogP contribution in [0.2, 0.25) is 0 Å². The fraction of sp³-hybridized carbons (Fsp3) is 0.889. The molecule has 162 valence electrons. The smallest absolute Gasteiger partial charge is 0.355 e. The molecule has 0 aromatic carbocycles. The Morgan fingerprint density at radius 1 is 1.25 bits per heavy atom. The van der Waals surface area contributed by atoms with Gasteiger partial charge in [-0.15, -0.1) is 0 Å². The summed E-state index contributed by atoms with van der Waals surface area (Å²) in [4.78, 5) is 21.5. The molecule has 2 aliphatic rings. The Balaban J connectivity index is 1.92. The molecule has 10 heteroatoms. The molecule has 0 aliphatic carbocycles. The van der Waals surface area contributed by atoms with Gasteiger partial charge in [0, 0.05) is 45.8 Å². The van der Waals surface area contributed by atoms with E-state index in [0.29, 0.717) is 38.1 Å². The van der Waals surface area contributed by atoms with Crippen molar-refractivity contribution in [3.8, 4) is 0 Å². The molecule has 2 fully saturated rings. The summed E-state index contributed by atoms with van der Waals surface area (Å²) in [6.45, 7) is 4.72. The van der Waals surface area contributed by atoms with E-state index in [4.69, 9.17) is 0 Å². The molecule has 0 saturated carbocycles. The number of nitrogens with one attached hydrogen (secondary N) is 2. The number of amides is 1. The molecule has 0 bridgehead atoms. The van der Waals surface area contributed by atoms with Crippen LogP contribution in [-0.2, 0) is 4.79 Å². The predicted molar refractivity (Wildman–Crippen MR) is 103 cm³/mol. The topological polar surface area (TPSA) is 63.2 Å². The number of rotatable bonds is 7. The normalized spacial score (nSPS) is 24.6. The van der Waals surface area contributed by atoms with E-state index in [1.165, 1.54) is 9.80 Å². The number of carbonyl (C=O) groups is 1. The van der Waals surface area contributed by atoms with Crippen molar-refractivity contribution in [1.82, 2.24) is 25.3 Å². The summed E-state index contributed by atoms with van der Waals surface area (Å²) in [5.41, 5.74) is 0. The van der Waals surface area contributed by atoms with Crippen molar-refractivity contribution < 1.29 is 18.0 Å². The van der Waals surface area contributed by atoms with Gasteiger partial charge in [-0.3, -0.25) is 14.6 Å². The van der Waals surface area contributed by atoms with Gasteiger partial charge in [0.25, 0.3) is 0 Å². The van der Waals surface area contributed by atoms with Crippen LogP contribution >= 0.6 is 0 Å². The summed E-state index contributed by atoms with van der Waals surface area (Å²) in [5.74, 6) is 0.374. The van der Waals surface area contributed by atoms with Crippen molar-refractivity contribution in [1.29, 1.82) is 0 Å². The number of likely N-dealkylation sites (tertiary alicyclic amines) is 2. The second kappa shape index (κ2) is 10.3. The summed E-state index contributed by atoms with van der Waals surface area (Å²) in [7, 11) is 3.34. The Morgan fingerprint density at radius 3 is 2.64 bits per heavy atom. The molecule has 2 saturated heterocycles. The molecule has 2 atom stereocenters. The van der Waals surface area contributed by atoms with Gasteiger partial charge in [-0.1, -0.05) is 6.92 Å². The van der Waals surface area contributed by atoms with Crippen LogP contribution in [0.4, 0.5) is 13.2 Å². The van der Waals surface area contributed by atoms with E-state index in [2.05, 4.69) is 27.4 Å². The largest absolute Gasteiger partial charge is 0.401 e. The van der Waals surface area contributed by atoms with E-state index < -0.39 is 12.7 Å². The van der Waals surface area contributed by atoms with Crippen LogP contribution in [0, 0.1) is 0 Å². The Labute approximate surface area is 165 Å². The highest BCUT2D eigenvalue weighted by molar-refractivity contribution is 5.85. The van der Waals surface area contributed by atoms with Crippen LogP contribution in [-0.4, -0.2) is 105 Å². The van der Waals surface area contributed by atoms with E-state index in [0.717, 1.165) is 25.9 Å². The molecule has 2 heterocycles. The quantitative estimate of drug-likeness (QED) is 0.482. The van der Waals surface area contributed by atoms with E-state index in [1.807, 2.05) is 0 Å². The standard InChI is InChI=1S/C18H33F3N6O/c1-4-27-8-5-6-15(27)10-22-17(23-11-16(28)25(2)3)24-14-7-9-26(12-14)13-18(19,20)21/h14-15H,4-13H2,1-3H3,(H2,22,23,24). The molecule has 7 nitrogen and oxygen atoms in total. The number of nitrogens with zero attached hydrogens (tertiary/aromatic N) is 4. The van der Waals surface area contributed by atoms with Gasteiger partial charge in [0.1, 0.15) is 6.54 Å². The fourth-order valence-corrected chi connectivity index (χ4v) is 3.74. The van der Waals surface area contributed by atoms with Gasteiger partial charge in [-0.2, -0.15) is 13.2 Å². The van der Waals surface area contributed by atoms with Crippen molar-refractivity contribution in [2.24, 2.45) is 4.99 Å². The lowest BCUT2D eigenvalue weighted by Gasteiger charge is -2.25. The third kappa shape index (κ3) is 7.46. The third-order valence-corrected chi connectivity index (χ3v) is 5.30. The van der Waals surface area contributed by atoms with Crippen molar-refractivity contribution in [2.45, 2.75) is 44.4 Å². The number of guanidine groups is 1. The number of likely N-dealkylation sites (N-methyl/N-ethyl adjacent to an activating group) is 2. The summed E-state index contributed by atoms with van der Waals surface area (Å²) in [6, 6.07) is 0.292. The minimum Gasteiger partial charge on any atom is -0.355 e. The third-order valence-electron chi connectivity index (χ3n) is 5.30. The van der Waals surface area contributed by atoms with Gasteiger partial charge in [-0.25, -0.2) is 4.99 Å². The number of hydrogen-bond acceptors (Lipinski definition) is 4. The monoisotopic (exact) mass is 406 g/mol. The van der Waals surface area contributed by atoms with E-state index >= 15 is 0 Å². The summed E-state index contributed by atoms with van der Waals surface area (Å²) in [5, 5.41) is 6.52. The van der Waals surface area contributed by atoms with Crippen LogP contribution in [0.25, 0.3) is 0 Å². The maximum Gasteiger partial charge on any atom is 0.401 e. The van der Waals surface area contributed by atoms with Crippen LogP contribution < -0.4 is 10.6 Å². The van der Waals surface area contributed by atoms with E-state index in [1.54, 1.807) is 14.1 Å². The van der Waals surface area contributed by atoms with Gasteiger partial charge in [0.15, 0.2) is 5.96 Å². The van der Waals surface area contributed by atoms with Crippen molar-refractivity contribution >= 4 is 11.9 Å². The number of alkyl halides is 3. The second-order valence-corrected chi connectivity index (χ2v) is 7.74. The molecule has 1 amide bonds. The summed E-state index contributed by atoms with van der Waals surface area (Å²) >= 11 is 0. The lowest BCUT2D eigenvalue weighted by Crippen LogP contribution is -2.49. The number of carbonyl (C=O) groups excluding carboxylic acids is 1. The Morgan fingerprint density at radius 2 is 2.00 bits per heavy atom. The second-order valence-electron chi connectivity index (χ2n) is 7.74. The first-order chi connectivity index (χ1) is 13.2. The predicted octanol–water partition coefficient (Wildman–Crippen LogP) is 0.731. The van der Waals surface area contributed by atoms with Gasteiger partial charge in [0.2, 0.25) is 5.91 Å². The highest BCUT2D eigenvalue weighted by Gasteiger charge is 2.34. The van der Waals surface area contributed by atoms with Gasteiger partial charge < -0.3 is 15.5 Å². The molecule has 0 spiro atoms. The number of aliphatic imine (C=N–C) groups is 1. The van der Waals surface area contributed by atoms with E-state index in [-0.39, 0.29) is 18.5 Å². The number of hydrogen-bond donors (Lipinski definition) is 2. The maximum absolute atomic E-state index is 12.6. The van der Waals surface area contributed by atoms with Gasteiger partial charge in [-0.05, 0) is 32.4 Å². The zero-order valence-corrected chi connectivity index (χ0v) is 17.1. The molecule has 2 rings (SSSR count). The molecule has 2 unspecified atom stereocenters. The van der Waals surface area contributed by atoms with Crippen LogP contribution in [0.3, 0.4) is 0 Å². The average molecular weight is 406 g/mol. The Bertz CT molecular complexity index is 540. The highest BCUT2D eigenvalue weighted by Crippen LogP contribution is 2.20.